The van der Waals surface area contributed by atoms with E-state index in [1.54, 1.807) is 38.3 Å². The zero-order chi connectivity index (χ0) is 19.4. The molecule has 4 nitrogen and oxygen atoms in total. The van der Waals surface area contributed by atoms with Crippen molar-refractivity contribution in [3.63, 3.8) is 0 Å². The number of ether oxygens (including phenoxy) is 1. The van der Waals surface area contributed by atoms with Crippen molar-refractivity contribution in [2.45, 2.75) is 19.8 Å². The molecule has 0 atom stereocenters. The molecule has 6 heteroatoms. The lowest BCUT2D eigenvalue weighted by atomic mass is 10.0. The first kappa shape index (κ1) is 19.3. The zero-order valence-electron chi connectivity index (χ0n) is 15.0. The van der Waals surface area contributed by atoms with Gasteiger partial charge < -0.3 is 4.74 Å². The lowest BCUT2D eigenvalue weighted by molar-refractivity contribution is -0.116. The molecule has 27 heavy (non-hydrogen) atoms. The van der Waals surface area contributed by atoms with Gasteiger partial charge in [-0.3, -0.25) is 9.59 Å². The van der Waals surface area contributed by atoms with E-state index in [1.165, 1.54) is 11.3 Å². The fourth-order valence-electron chi connectivity index (χ4n) is 2.69. The number of thiazole rings is 1. The number of benzene rings is 2. The largest absolute Gasteiger partial charge is 0.495 e. The number of ketones is 2. The van der Waals surface area contributed by atoms with Crippen LogP contribution in [0.3, 0.4) is 0 Å². The van der Waals surface area contributed by atoms with Crippen LogP contribution in [0.1, 0.15) is 27.9 Å². The summed E-state index contributed by atoms with van der Waals surface area (Å²) in [5.74, 6) is 0.709. The average Bonchev–Trinajstić information content (AvgIpc) is 3.10. The Morgan fingerprint density at radius 2 is 1.85 bits per heavy atom. The summed E-state index contributed by atoms with van der Waals surface area (Å²) in [5.41, 5.74) is 3.19. The molecule has 0 aliphatic heterocycles. The smallest absolute Gasteiger partial charge is 0.169 e. The van der Waals surface area contributed by atoms with Crippen molar-refractivity contribution >= 4 is 34.5 Å². The predicted molar refractivity (Wildman–Crippen MR) is 108 cm³/mol. The third-order valence-electron chi connectivity index (χ3n) is 4.04. The van der Waals surface area contributed by atoms with Gasteiger partial charge in [-0.2, -0.15) is 0 Å². The fraction of sp³-hybridized carbons (Fsp3) is 0.190. The van der Waals surface area contributed by atoms with Gasteiger partial charge in [0.25, 0.3) is 0 Å². The Balaban J connectivity index is 1.70. The Morgan fingerprint density at radius 1 is 1.11 bits per heavy atom. The van der Waals surface area contributed by atoms with Crippen LogP contribution < -0.4 is 4.74 Å². The SMILES string of the molecule is COc1ccc(-c2csc(CC(=O)c3ccc(CC(C)=O)cc3)n2)cc1Cl. The van der Waals surface area contributed by atoms with E-state index in [2.05, 4.69) is 4.98 Å². The lowest BCUT2D eigenvalue weighted by Gasteiger charge is -2.04. The quantitative estimate of drug-likeness (QED) is 0.523. The van der Waals surface area contributed by atoms with Crippen molar-refractivity contribution in [1.29, 1.82) is 0 Å². The third kappa shape index (κ3) is 4.81. The van der Waals surface area contributed by atoms with E-state index in [1.807, 2.05) is 23.6 Å². The average molecular weight is 400 g/mol. The van der Waals surface area contributed by atoms with Gasteiger partial charge in [0.2, 0.25) is 0 Å². The van der Waals surface area contributed by atoms with Crippen LogP contribution in [0, 0.1) is 0 Å². The van der Waals surface area contributed by atoms with Crippen LogP contribution in [-0.2, 0) is 17.6 Å². The number of carbonyl (C=O) groups excluding carboxylic acids is 2. The summed E-state index contributed by atoms with van der Waals surface area (Å²) < 4.78 is 5.16. The van der Waals surface area contributed by atoms with Gasteiger partial charge in [-0.25, -0.2) is 4.98 Å². The van der Waals surface area contributed by atoms with E-state index >= 15 is 0 Å². The molecule has 0 aliphatic rings. The normalized spacial score (nSPS) is 10.6. The van der Waals surface area contributed by atoms with E-state index in [-0.39, 0.29) is 18.0 Å². The second-order valence-electron chi connectivity index (χ2n) is 6.15. The molecule has 0 amide bonds. The molecule has 0 unspecified atom stereocenters. The number of nitrogens with zero attached hydrogens (tertiary/aromatic N) is 1. The van der Waals surface area contributed by atoms with Crippen molar-refractivity contribution in [2.75, 3.05) is 7.11 Å². The molecule has 0 bridgehead atoms. The van der Waals surface area contributed by atoms with Gasteiger partial charge in [0.15, 0.2) is 5.78 Å². The van der Waals surface area contributed by atoms with Crippen molar-refractivity contribution in [1.82, 2.24) is 4.98 Å². The number of hydrogen-bond acceptors (Lipinski definition) is 5. The molecule has 3 aromatic rings. The molecule has 0 fully saturated rings. The number of Topliss-reactive ketones (excluding diaryl/α,β-unsaturated/α-hetero) is 2. The first-order chi connectivity index (χ1) is 13.0. The van der Waals surface area contributed by atoms with Gasteiger partial charge in [0.05, 0.1) is 24.2 Å². The van der Waals surface area contributed by atoms with Gasteiger partial charge in [0, 0.05) is 22.9 Å². The fourth-order valence-corrected chi connectivity index (χ4v) is 3.75. The van der Waals surface area contributed by atoms with E-state index in [9.17, 15) is 9.59 Å². The number of hydrogen-bond donors (Lipinski definition) is 0. The highest BCUT2D eigenvalue weighted by Gasteiger charge is 2.12. The van der Waals surface area contributed by atoms with Gasteiger partial charge >= 0.3 is 0 Å². The molecule has 0 saturated carbocycles. The molecule has 0 N–H and O–H groups in total. The van der Waals surface area contributed by atoms with E-state index in [0.717, 1.165) is 21.8 Å². The van der Waals surface area contributed by atoms with Crippen LogP contribution >= 0.6 is 22.9 Å². The second-order valence-corrected chi connectivity index (χ2v) is 7.50. The summed E-state index contributed by atoms with van der Waals surface area (Å²) in [5, 5.41) is 3.18. The van der Waals surface area contributed by atoms with Crippen LogP contribution in [0.15, 0.2) is 47.8 Å². The van der Waals surface area contributed by atoms with Crippen LogP contribution in [0.2, 0.25) is 5.02 Å². The molecule has 138 valence electrons. The van der Waals surface area contributed by atoms with E-state index in [4.69, 9.17) is 16.3 Å². The maximum Gasteiger partial charge on any atom is 0.169 e. The minimum Gasteiger partial charge on any atom is -0.495 e. The number of carbonyl (C=O) groups is 2. The second kappa shape index (κ2) is 8.46. The third-order valence-corrected chi connectivity index (χ3v) is 5.18. The molecule has 2 aromatic carbocycles. The molecule has 3 rings (SSSR count). The van der Waals surface area contributed by atoms with Crippen LogP contribution in [0.5, 0.6) is 5.75 Å². The zero-order valence-corrected chi connectivity index (χ0v) is 16.6. The van der Waals surface area contributed by atoms with Gasteiger partial charge in [-0.15, -0.1) is 11.3 Å². The van der Waals surface area contributed by atoms with Crippen molar-refractivity contribution in [3.05, 3.63) is 69.0 Å². The minimum absolute atomic E-state index is 0.00182. The van der Waals surface area contributed by atoms with Crippen LogP contribution in [0.4, 0.5) is 0 Å². The Kier molecular flexibility index (Phi) is 6.04. The Hall–Kier alpha value is -2.50. The molecule has 0 saturated heterocycles. The minimum atomic E-state index is -0.00182. The van der Waals surface area contributed by atoms with Gasteiger partial charge in [-0.1, -0.05) is 35.9 Å². The highest BCUT2D eigenvalue weighted by atomic mass is 35.5. The molecule has 1 aromatic heterocycles. The maximum absolute atomic E-state index is 12.5. The summed E-state index contributed by atoms with van der Waals surface area (Å²) in [7, 11) is 1.57. The van der Waals surface area contributed by atoms with Crippen molar-refractivity contribution in [2.24, 2.45) is 0 Å². The summed E-state index contributed by atoms with van der Waals surface area (Å²) in [6.45, 7) is 1.55. The molecule has 0 spiro atoms. The summed E-state index contributed by atoms with van der Waals surface area (Å²) in [6.07, 6.45) is 0.620. The molecule has 0 aliphatic carbocycles. The van der Waals surface area contributed by atoms with Crippen molar-refractivity contribution in [3.8, 4) is 17.0 Å². The number of rotatable bonds is 7. The highest BCUT2D eigenvalue weighted by Crippen LogP contribution is 2.31. The Labute approximate surface area is 166 Å². The van der Waals surface area contributed by atoms with Gasteiger partial charge in [0.1, 0.15) is 16.5 Å². The summed E-state index contributed by atoms with van der Waals surface area (Å²) in [4.78, 5) is 28.2. The predicted octanol–water partition coefficient (Wildman–Crippen LogP) is 5.03. The topological polar surface area (TPSA) is 56.3 Å². The summed E-state index contributed by atoms with van der Waals surface area (Å²) >= 11 is 7.61. The summed E-state index contributed by atoms with van der Waals surface area (Å²) in [6, 6.07) is 12.7. The van der Waals surface area contributed by atoms with Crippen LogP contribution in [0.25, 0.3) is 11.3 Å². The number of aromatic nitrogens is 1. The maximum atomic E-state index is 12.5. The molecular weight excluding hydrogens is 382 g/mol. The first-order valence-electron chi connectivity index (χ1n) is 8.36. The Morgan fingerprint density at radius 3 is 2.48 bits per heavy atom. The van der Waals surface area contributed by atoms with E-state index < -0.39 is 0 Å². The van der Waals surface area contributed by atoms with Crippen LogP contribution in [-0.4, -0.2) is 23.7 Å². The lowest BCUT2D eigenvalue weighted by Crippen LogP contribution is -2.04. The monoisotopic (exact) mass is 399 g/mol. The highest BCUT2D eigenvalue weighted by molar-refractivity contribution is 7.10. The molecule has 1 heterocycles. The number of methoxy groups -OCH3 is 1. The molecule has 0 radical (unpaired) electrons. The Bertz CT molecular complexity index is 979. The standard InChI is InChI=1S/C21H18ClNO3S/c1-13(24)9-14-3-5-15(6-4-14)19(25)11-21-23-18(12-27-21)16-7-8-20(26-2)17(22)10-16/h3-8,10,12H,9,11H2,1-2H3. The van der Waals surface area contributed by atoms with E-state index in [0.29, 0.717) is 22.8 Å². The molecular formula is C21H18ClNO3S. The number of halogens is 1. The van der Waals surface area contributed by atoms with Crippen molar-refractivity contribution < 1.29 is 14.3 Å². The first-order valence-corrected chi connectivity index (χ1v) is 9.62. The van der Waals surface area contributed by atoms with Gasteiger partial charge in [-0.05, 0) is 30.7 Å².